The Labute approximate surface area is 114 Å². The molecule has 2 N–H and O–H groups in total. The maximum atomic E-state index is 13.0. The Kier molecular flexibility index (Phi) is 4.69. The van der Waals surface area contributed by atoms with Gasteiger partial charge in [0, 0.05) is 6.04 Å². The van der Waals surface area contributed by atoms with E-state index in [-0.39, 0.29) is 11.9 Å². The Balaban J connectivity index is 1.86. The summed E-state index contributed by atoms with van der Waals surface area (Å²) in [6.07, 6.45) is 2.91. The highest BCUT2D eigenvalue weighted by molar-refractivity contribution is 5.26. The molecule has 2 aromatic rings. The van der Waals surface area contributed by atoms with Gasteiger partial charge in [-0.25, -0.2) is 4.39 Å². The molecule has 1 unspecified atom stereocenters. The van der Waals surface area contributed by atoms with E-state index in [2.05, 4.69) is 12.1 Å². The maximum Gasteiger partial charge on any atom is 0.123 e. The topological polar surface area (TPSA) is 26.0 Å². The molecule has 0 saturated carbocycles. The van der Waals surface area contributed by atoms with E-state index >= 15 is 0 Å². The Morgan fingerprint density at radius 3 is 2.53 bits per heavy atom. The van der Waals surface area contributed by atoms with Crippen LogP contribution in [-0.2, 0) is 6.42 Å². The van der Waals surface area contributed by atoms with Crippen molar-refractivity contribution in [2.45, 2.75) is 32.2 Å². The molecule has 0 aliphatic heterocycles. The number of benzene rings is 2. The lowest BCUT2D eigenvalue weighted by atomic mass is 9.98. The maximum absolute atomic E-state index is 13.0. The highest BCUT2D eigenvalue weighted by Crippen LogP contribution is 2.18. The SMILES string of the molecule is Cc1cc(F)ccc1CCCC(N)c1ccccc1. The zero-order valence-corrected chi connectivity index (χ0v) is 11.3. The molecule has 0 bridgehead atoms. The van der Waals surface area contributed by atoms with E-state index in [0.29, 0.717) is 0 Å². The minimum absolute atomic E-state index is 0.0851. The summed E-state index contributed by atoms with van der Waals surface area (Å²) in [5.41, 5.74) is 9.57. The number of aryl methyl sites for hydroxylation is 2. The van der Waals surface area contributed by atoms with Gasteiger partial charge in [-0.05, 0) is 55.0 Å². The van der Waals surface area contributed by atoms with Crippen LogP contribution in [-0.4, -0.2) is 0 Å². The third-order valence-corrected chi connectivity index (χ3v) is 3.49. The van der Waals surface area contributed by atoms with Gasteiger partial charge in [0.2, 0.25) is 0 Å². The molecule has 19 heavy (non-hydrogen) atoms. The molecule has 0 aromatic heterocycles. The fraction of sp³-hybridized carbons (Fsp3) is 0.294. The quantitative estimate of drug-likeness (QED) is 0.855. The van der Waals surface area contributed by atoms with Gasteiger partial charge in [0.1, 0.15) is 5.82 Å². The van der Waals surface area contributed by atoms with Crippen molar-refractivity contribution in [3.8, 4) is 0 Å². The molecule has 2 heteroatoms. The minimum atomic E-state index is -0.165. The van der Waals surface area contributed by atoms with Crippen molar-refractivity contribution in [3.63, 3.8) is 0 Å². The number of hydrogen-bond donors (Lipinski definition) is 1. The summed E-state index contributed by atoms with van der Waals surface area (Å²) in [6, 6.07) is 15.2. The van der Waals surface area contributed by atoms with Gasteiger partial charge in [-0.3, -0.25) is 0 Å². The smallest absolute Gasteiger partial charge is 0.123 e. The molecule has 0 saturated heterocycles. The highest BCUT2D eigenvalue weighted by atomic mass is 19.1. The molecule has 0 radical (unpaired) electrons. The van der Waals surface area contributed by atoms with Crippen LogP contribution in [0.5, 0.6) is 0 Å². The number of nitrogens with two attached hydrogens (primary N) is 1. The largest absolute Gasteiger partial charge is 0.324 e. The number of halogens is 1. The molecule has 2 aromatic carbocycles. The van der Waals surface area contributed by atoms with Crippen LogP contribution < -0.4 is 5.73 Å². The van der Waals surface area contributed by atoms with Crippen LogP contribution in [0.1, 0.15) is 35.6 Å². The van der Waals surface area contributed by atoms with E-state index in [1.807, 2.05) is 31.2 Å². The van der Waals surface area contributed by atoms with E-state index < -0.39 is 0 Å². The number of hydrogen-bond acceptors (Lipinski definition) is 1. The lowest BCUT2D eigenvalue weighted by Gasteiger charge is -2.12. The first kappa shape index (κ1) is 13.8. The molecule has 0 aliphatic carbocycles. The molecule has 0 spiro atoms. The molecular weight excluding hydrogens is 237 g/mol. The molecule has 0 amide bonds. The van der Waals surface area contributed by atoms with E-state index in [4.69, 9.17) is 5.73 Å². The first-order valence-electron chi connectivity index (χ1n) is 6.72. The van der Waals surface area contributed by atoms with Crippen LogP contribution in [0.25, 0.3) is 0 Å². The summed E-state index contributed by atoms with van der Waals surface area (Å²) in [4.78, 5) is 0. The van der Waals surface area contributed by atoms with Crippen LogP contribution in [0.2, 0.25) is 0 Å². The van der Waals surface area contributed by atoms with Gasteiger partial charge >= 0.3 is 0 Å². The second-order valence-corrected chi connectivity index (χ2v) is 4.98. The Bertz CT molecular complexity index is 522. The summed E-state index contributed by atoms with van der Waals surface area (Å²) >= 11 is 0. The molecule has 0 aliphatic rings. The summed E-state index contributed by atoms with van der Waals surface area (Å²) in [7, 11) is 0. The number of rotatable bonds is 5. The van der Waals surface area contributed by atoms with Crippen molar-refractivity contribution in [2.24, 2.45) is 5.73 Å². The van der Waals surface area contributed by atoms with Crippen molar-refractivity contribution < 1.29 is 4.39 Å². The lowest BCUT2D eigenvalue weighted by molar-refractivity contribution is 0.606. The zero-order chi connectivity index (χ0) is 13.7. The van der Waals surface area contributed by atoms with Crippen molar-refractivity contribution in [2.75, 3.05) is 0 Å². The van der Waals surface area contributed by atoms with Crippen molar-refractivity contribution in [1.29, 1.82) is 0 Å². The van der Waals surface area contributed by atoms with Crippen molar-refractivity contribution in [1.82, 2.24) is 0 Å². The van der Waals surface area contributed by atoms with Crippen LogP contribution in [0.15, 0.2) is 48.5 Å². The summed E-state index contributed by atoms with van der Waals surface area (Å²) in [6.45, 7) is 1.95. The van der Waals surface area contributed by atoms with Crippen LogP contribution in [0.4, 0.5) is 4.39 Å². The van der Waals surface area contributed by atoms with Gasteiger partial charge in [-0.15, -0.1) is 0 Å². The zero-order valence-electron chi connectivity index (χ0n) is 11.3. The lowest BCUT2D eigenvalue weighted by Crippen LogP contribution is -2.10. The predicted molar refractivity (Wildman–Crippen MR) is 77.4 cm³/mol. The average molecular weight is 257 g/mol. The minimum Gasteiger partial charge on any atom is -0.324 e. The normalized spacial score (nSPS) is 12.4. The molecular formula is C17H20FN. The van der Waals surface area contributed by atoms with E-state index in [1.54, 1.807) is 6.07 Å². The van der Waals surface area contributed by atoms with Gasteiger partial charge in [0.25, 0.3) is 0 Å². The molecule has 100 valence electrons. The fourth-order valence-corrected chi connectivity index (χ4v) is 2.32. The van der Waals surface area contributed by atoms with Crippen LogP contribution in [0.3, 0.4) is 0 Å². The summed E-state index contributed by atoms with van der Waals surface area (Å²) in [5, 5.41) is 0. The molecule has 1 atom stereocenters. The monoisotopic (exact) mass is 257 g/mol. The van der Waals surface area contributed by atoms with Gasteiger partial charge in [-0.2, -0.15) is 0 Å². The van der Waals surface area contributed by atoms with E-state index in [0.717, 1.165) is 24.8 Å². The van der Waals surface area contributed by atoms with Crippen LogP contribution in [0, 0.1) is 12.7 Å². The third kappa shape index (κ3) is 3.90. The van der Waals surface area contributed by atoms with E-state index in [1.165, 1.54) is 17.2 Å². The average Bonchev–Trinajstić information content (AvgIpc) is 2.42. The first-order chi connectivity index (χ1) is 9.16. The molecule has 2 rings (SSSR count). The fourth-order valence-electron chi connectivity index (χ4n) is 2.32. The van der Waals surface area contributed by atoms with Crippen LogP contribution >= 0.6 is 0 Å². The van der Waals surface area contributed by atoms with E-state index in [9.17, 15) is 4.39 Å². The molecule has 0 fully saturated rings. The van der Waals surface area contributed by atoms with Crippen molar-refractivity contribution in [3.05, 3.63) is 71.0 Å². The summed E-state index contributed by atoms with van der Waals surface area (Å²) in [5.74, 6) is -0.165. The molecule has 1 nitrogen and oxygen atoms in total. The van der Waals surface area contributed by atoms with Crippen molar-refractivity contribution >= 4 is 0 Å². The predicted octanol–water partition coefficient (Wildman–Crippen LogP) is 4.16. The van der Waals surface area contributed by atoms with Gasteiger partial charge in [0.15, 0.2) is 0 Å². The van der Waals surface area contributed by atoms with Gasteiger partial charge in [-0.1, -0.05) is 36.4 Å². The second kappa shape index (κ2) is 6.48. The standard InChI is InChI=1S/C17H20FN/c1-13-12-16(18)11-10-14(13)8-5-9-17(19)15-6-3-2-4-7-15/h2-4,6-7,10-12,17H,5,8-9,19H2,1H3. The summed E-state index contributed by atoms with van der Waals surface area (Å²) < 4.78 is 13.0. The Morgan fingerprint density at radius 1 is 1.11 bits per heavy atom. The molecule has 0 heterocycles. The van der Waals surface area contributed by atoms with Gasteiger partial charge < -0.3 is 5.73 Å². The first-order valence-corrected chi connectivity index (χ1v) is 6.72. The Morgan fingerprint density at radius 2 is 1.84 bits per heavy atom. The highest BCUT2D eigenvalue weighted by Gasteiger charge is 2.06. The van der Waals surface area contributed by atoms with Gasteiger partial charge in [0.05, 0.1) is 0 Å². The Hall–Kier alpha value is -1.67. The third-order valence-electron chi connectivity index (χ3n) is 3.49. The second-order valence-electron chi connectivity index (χ2n) is 4.98.